The molecule has 4 rings (SSSR count). The van der Waals surface area contributed by atoms with Gasteiger partial charge in [0.05, 0.1) is 22.9 Å². The molecule has 34 heavy (non-hydrogen) atoms. The van der Waals surface area contributed by atoms with Crippen LogP contribution >= 0.6 is 0 Å². The van der Waals surface area contributed by atoms with Crippen molar-refractivity contribution in [2.45, 2.75) is 37.1 Å². The molecule has 1 atom stereocenters. The number of nitrogens with zero attached hydrogens (tertiary/aromatic N) is 1. The molecule has 1 amide bonds. The number of benzene rings is 2. The molecule has 0 radical (unpaired) electrons. The van der Waals surface area contributed by atoms with Crippen LogP contribution in [0.25, 0.3) is 0 Å². The molecule has 1 aliphatic rings. The van der Waals surface area contributed by atoms with Crippen molar-refractivity contribution in [2.75, 3.05) is 24.4 Å². The van der Waals surface area contributed by atoms with Crippen molar-refractivity contribution in [3.63, 3.8) is 0 Å². The largest absolute Gasteiger partial charge is 0.468 e. The molecule has 0 saturated carbocycles. The van der Waals surface area contributed by atoms with Gasteiger partial charge in [0.2, 0.25) is 0 Å². The topological polar surface area (TPSA) is 91.6 Å². The average molecular weight is 486 g/mol. The Hall–Kier alpha value is -3.17. The second-order valence-electron chi connectivity index (χ2n) is 8.40. The SMILES string of the molecule is Cc1ccc(S(=O)(=O)Nc2ccccc2F)cc1C(=O)NCC(c1ccco1)N1CCCCC1. The lowest BCUT2D eigenvalue weighted by atomic mass is 10.1. The van der Waals surface area contributed by atoms with E-state index in [1.807, 2.05) is 12.1 Å². The van der Waals surface area contributed by atoms with E-state index in [1.54, 1.807) is 19.3 Å². The fourth-order valence-electron chi connectivity index (χ4n) is 4.17. The molecule has 1 saturated heterocycles. The number of nitrogens with one attached hydrogen (secondary N) is 2. The third kappa shape index (κ3) is 5.48. The van der Waals surface area contributed by atoms with Gasteiger partial charge in [-0.15, -0.1) is 0 Å². The van der Waals surface area contributed by atoms with Gasteiger partial charge in [-0.1, -0.05) is 24.6 Å². The first kappa shape index (κ1) is 24.0. The molecular weight excluding hydrogens is 457 g/mol. The number of aryl methyl sites for hydroxylation is 1. The maximum absolute atomic E-state index is 14.0. The molecule has 2 N–H and O–H groups in total. The summed E-state index contributed by atoms with van der Waals surface area (Å²) < 4.78 is 47.5. The van der Waals surface area contributed by atoms with Crippen LogP contribution in [0, 0.1) is 12.7 Å². The van der Waals surface area contributed by atoms with Crippen LogP contribution in [0.5, 0.6) is 0 Å². The molecule has 9 heteroatoms. The van der Waals surface area contributed by atoms with Crippen LogP contribution in [0.3, 0.4) is 0 Å². The number of para-hydroxylation sites is 1. The lowest BCUT2D eigenvalue weighted by Gasteiger charge is -2.33. The van der Waals surface area contributed by atoms with Crippen molar-refractivity contribution in [1.29, 1.82) is 0 Å². The molecule has 1 aromatic heterocycles. The van der Waals surface area contributed by atoms with E-state index >= 15 is 0 Å². The number of piperidine rings is 1. The Bertz CT molecular complexity index is 1240. The highest BCUT2D eigenvalue weighted by atomic mass is 32.2. The molecule has 3 aromatic rings. The van der Waals surface area contributed by atoms with E-state index in [9.17, 15) is 17.6 Å². The summed E-state index contributed by atoms with van der Waals surface area (Å²) >= 11 is 0. The summed E-state index contributed by atoms with van der Waals surface area (Å²) in [4.78, 5) is 15.3. The second-order valence-corrected chi connectivity index (χ2v) is 10.1. The standard InChI is InChI=1S/C25H28FN3O4S/c1-18-11-12-19(34(31,32)28-22-9-4-3-8-21(22)26)16-20(18)25(30)27-17-23(24-10-7-15-33-24)29-13-5-2-6-14-29/h3-4,7-12,15-16,23,28H,2,5-6,13-14,17H2,1H3,(H,27,30). The van der Waals surface area contributed by atoms with Gasteiger partial charge >= 0.3 is 0 Å². The minimum Gasteiger partial charge on any atom is -0.468 e. The fourth-order valence-corrected chi connectivity index (χ4v) is 5.26. The minimum atomic E-state index is -4.09. The monoisotopic (exact) mass is 485 g/mol. The number of amides is 1. The predicted molar refractivity (Wildman–Crippen MR) is 128 cm³/mol. The predicted octanol–water partition coefficient (Wildman–Crippen LogP) is 4.48. The van der Waals surface area contributed by atoms with Gasteiger partial charge in [-0.2, -0.15) is 0 Å². The number of likely N-dealkylation sites (tertiary alicyclic amines) is 1. The van der Waals surface area contributed by atoms with Crippen LogP contribution in [0.2, 0.25) is 0 Å². The Morgan fingerprint density at radius 3 is 2.56 bits per heavy atom. The third-order valence-electron chi connectivity index (χ3n) is 6.04. The van der Waals surface area contributed by atoms with Crippen molar-refractivity contribution >= 4 is 21.6 Å². The smallest absolute Gasteiger partial charge is 0.262 e. The van der Waals surface area contributed by atoms with Crippen molar-refractivity contribution in [1.82, 2.24) is 10.2 Å². The number of sulfonamides is 1. The summed E-state index contributed by atoms with van der Waals surface area (Å²) in [6.07, 6.45) is 5.00. The van der Waals surface area contributed by atoms with Crippen LogP contribution in [0.15, 0.2) is 70.2 Å². The van der Waals surface area contributed by atoms with Crippen LogP contribution in [-0.4, -0.2) is 38.9 Å². The van der Waals surface area contributed by atoms with Gasteiger partial charge in [-0.3, -0.25) is 14.4 Å². The number of carbonyl (C=O) groups is 1. The van der Waals surface area contributed by atoms with Crippen molar-refractivity contribution < 1.29 is 22.0 Å². The van der Waals surface area contributed by atoms with Gasteiger partial charge < -0.3 is 9.73 Å². The van der Waals surface area contributed by atoms with Crippen LogP contribution in [-0.2, 0) is 10.0 Å². The quantitative estimate of drug-likeness (QED) is 0.491. The maximum Gasteiger partial charge on any atom is 0.262 e. The van der Waals surface area contributed by atoms with Gasteiger partial charge in [0.25, 0.3) is 15.9 Å². The van der Waals surface area contributed by atoms with E-state index in [-0.39, 0.29) is 28.1 Å². The normalized spacial score (nSPS) is 15.6. The number of hydrogen-bond acceptors (Lipinski definition) is 5. The summed E-state index contributed by atoms with van der Waals surface area (Å²) in [6.45, 7) is 3.92. The number of halogens is 1. The highest BCUT2D eigenvalue weighted by molar-refractivity contribution is 7.92. The molecule has 0 bridgehead atoms. The van der Waals surface area contributed by atoms with Gasteiger partial charge in [0, 0.05) is 12.1 Å². The summed E-state index contributed by atoms with van der Waals surface area (Å²) in [5.74, 6) is -0.281. The summed E-state index contributed by atoms with van der Waals surface area (Å²) in [7, 11) is -4.09. The molecule has 0 spiro atoms. The fraction of sp³-hybridized carbons (Fsp3) is 0.320. The third-order valence-corrected chi connectivity index (χ3v) is 7.40. The number of hydrogen-bond donors (Lipinski definition) is 2. The molecule has 180 valence electrons. The molecule has 1 aliphatic heterocycles. The zero-order chi connectivity index (χ0) is 24.1. The first-order chi connectivity index (χ1) is 16.3. The lowest BCUT2D eigenvalue weighted by Crippen LogP contribution is -2.40. The highest BCUT2D eigenvalue weighted by Crippen LogP contribution is 2.25. The van der Waals surface area contributed by atoms with E-state index in [0.29, 0.717) is 12.1 Å². The molecule has 7 nitrogen and oxygen atoms in total. The molecule has 2 heterocycles. The van der Waals surface area contributed by atoms with Crippen LogP contribution in [0.1, 0.15) is 47.0 Å². The number of carbonyl (C=O) groups excluding carboxylic acids is 1. The van der Waals surface area contributed by atoms with E-state index in [2.05, 4.69) is 14.9 Å². The maximum atomic E-state index is 14.0. The van der Waals surface area contributed by atoms with Gasteiger partial charge in [-0.05, 0) is 74.8 Å². The van der Waals surface area contributed by atoms with Crippen molar-refractivity contribution in [2.24, 2.45) is 0 Å². The van der Waals surface area contributed by atoms with E-state index < -0.39 is 15.8 Å². The Labute approximate surface area is 199 Å². The van der Waals surface area contributed by atoms with Crippen LogP contribution < -0.4 is 10.0 Å². The Morgan fingerprint density at radius 1 is 1.09 bits per heavy atom. The van der Waals surface area contributed by atoms with E-state index in [1.165, 1.54) is 42.8 Å². The Morgan fingerprint density at radius 2 is 1.85 bits per heavy atom. The second kappa shape index (κ2) is 10.4. The van der Waals surface area contributed by atoms with Crippen molar-refractivity contribution in [3.8, 4) is 0 Å². The average Bonchev–Trinajstić information content (AvgIpc) is 3.36. The Kier molecular flexibility index (Phi) is 7.33. The lowest BCUT2D eigenvalue weighted by molar-refractivity contribution is 0.0913. The molecule has 1 unspecified atom stereocenters. The first-order valence-corrected chi connectivity index (χ1v) is 12.8. The summed E-state index contributed by atoms with van der Waals surface area (Å²) in [5.41, 5.74) is 0.722. The van der Waals surface area contributed by atoms with Gasteiger partial charge in [0.1, 0.15) is 11.6 Å². The summed E-state index contributed by atoms with van der Waals surface area (Å²) in [5, 5.41) is 2.95. The minimum absolute atomic E-state index is 0.103. The number of rotatable bonds is 8. The zero-order valence-corrected chi connectivity index (χ0v) is 19.8. The first-order valence-electron chi connectivity index (χ1n) is 11.3. The van der Waals surface area contributed by atoms with E-state index in [0.717, 1.165) is 31.7 Å². The van der Waals surface area contributed by atoms with E-state index in [4.69, 9.17) is 4.42 Å². The molecule has 0 aliphatic carbocycles. The van der Waals surface area contributed by atoms with Crippen LogP contribution in [0.4, 0.5) is 10.1 Å². The summed E-state index contributed by atoms with van der Waals surface area (Å²) in [6, 6.07) is 13.4. The molecule has 2 aromatic carbocycles. The molecule has 1 fully saturated rings. The molecular formula is C25H28FN3O4S. The van der Waals surface area contributed by atoms with Gasteiger partial charge in [-0.25, -0.2) is 12.8 Å². The van der Waals surface area contributed by atoms with Gasteiger partial charge in [0.15, 0.2) is 0 Å². The Balaban J connectivity index is 1.51. The highest BCUT2D eigenvalue weighted by Gasteiger charge is 2.26. The number of anilines is 1. The van der Waals surface area contributed by atoms with Crippen molar-refractivity contribution in [3.05, 3.63) is 83.6 Å². The zero-order valence-electron chi connectivity index (χ0n) is 19.0. The number of furan rings is 1.